The first-order valence-corrected chi connectivity index (χ1v) is 9.02. The highest BCUT2D eigenvalue weighted by molar-refractivity contribution is 7.12. The van der Waals surface area contributed by atoms with Gasteiger partial charge >= 0.3 is 0 Å². The van der Waals surface area contributed by atoms with E-state index in [4.69, 9.17) is 0 Å². The van der Waals surface area contributed by atoms with E-state index in [9.17, 15) is 0 Å². The predicted molar refractivity (Wildman–Crippen MR) is 92.0 cm³/mol. The smallest absolute Gasteiger partial charge is 0.0449 e. The summed E-state index contributed by atoms with van der Waals surface area (Å²) in [5, 5.41) is 3.80. The van der Waals surface area contributed by atoms with Crippen LogP contribution < -0.4 is 5.32 Å². The fourth-order valence-electron chi connectivity index (χ4n) is 3.18. The van der Waals surface area contributed by atoms with E-state index in [2.05, 4.69) is 61.6 Å². The van der Waals surface area contributed by atoms with E-state index in [1.807, 2.05) is 11.3 Å². The van der Waals surface area contributed by atoms with Gasteiger partial charge in [-0.3, -0.25) is 0 Å². The number of nitrogens with one attached hydrogen (secondary N) is 1. The average molecular weight is 299 g/mol. The highest BCUT2D eigenvalue weighted by Gasteiger charge is 2.44. The summed E-state index contributed by atoms with van der Waals surface area (Å²) >= 11 is 1.99. The highest BCUT2D eigenvalue weighted by atomic mass is 32.1. The quantitative estimate of drug-likeness (QED) is 0.745. The van der Waals surface area contributed by atoms with E-state index in [0.717, 1.165) is 24.8 Å². The van der Waals surface area contributed by atoms with Crippen molar-refractivity contribution >= 4 is 11.3 Å². The summed E-state index contributed by atoms with van der Waals surface area (Å²) in [4.78, 5) is 3.04. The van der Waals surface area contributed by atoms with Crippen molar-refractivity contribution < 1.29 is 0 Å². The zero-order valence-electron chi connectivity index (χ0n) is 13.0. The highest BCUT2D eigenvalue weighted by Crippen LogP contribution is 2.54. The van der Waals surface area contributed by atoms with E-state index in [-0.39, 0.29) is 0 Å². The van der Waals surface area contributed by atoms with Gasteiger partial charge in [-0.25, -0.2) is 0 Å². The molecule has 3 atom stereocenters. The molecule has 0 aliphatic heterocycles. The molecular formula is C19H25NS. The maximum atomic E-state index is 3.80. The van der Waals surface area contributed by atoms with Gasteiger partial charge in [0.1, 0.15) is 0 Å². The van der Waals surface area contributed by atoms with Crippen molar-refractivity contribution in [3.05, 3.63) is 57.8 Å². The summed E-state index contributed by atoms with van der Waals surface area (Å²) in [6.07, 6.45) is 3.67. The van der Waals surface area contributed by atoms with Crippen LogP contribution in [0.25, 0.3) is 0 Å². The first-order valence-electron chi connectivity index (χ1n) is 8.20. The maximum absolute atomic E-state index is 3.80. The van der Waals surface area contributed by atoms with Crippen LogP contribution in [0, 0.1) is 5.92 Å². The Balaban J connectivity index is 1.74. The lowest BCUT2D eigenvalue weighted by molar-refractivity contribution is 0.480. The molecule has 1 aliphatic carbocycles. The van der Waals surface area contributed by atoms with Gasteiger partial charge in [-0.15, -0.1) is 11.3 Å². The van der Waals surface area contributed by atoms with Crippen LogP contribution in [0.1, 0.15) is 54.0 Å². The number of hydrogen-bond acceptors (Lipinski definition) is 2. The molecule has 3 rings (SSSR count). The molecule has 1 nitrogen and oxygen atoms in total. The molecule has 0 bridgehead atoms. The number of hydrogen-bond donors (Lipinski definition) is 1. The predicted octanol–water partition coefficient (Wildman–Crippen LogP) is 5.15. The van der Waals surface area contributed by atoms with Crippen molar-refractivity contribution in [1.29, 1.82) is 0 Å². The average Bonchev–Trinajstić information content (AvgIpc) is 3.17. The zero-order chi connectivity index (χ0) is 14.7. The molecule has 0 saturated heterocycles. The van der Waals surface area contributed by atoms with Gasteiger partial charge < -0.3 is 5.32 Å². The molecule has 2 aromatic rings. The molecule has 1 heterocycles. The van der Waals surface area contributed by atoms with Crippen molar-refractivity contribution in [3.63, 3.8) is 0 Å². The van der Waals surface area contributed by atoms with Gasteiger partial charge in [0.2, 0.25) is 0 Å². The Hall–Kier alpha value is -1.12. The standard InChI is InChI=1S/C19H25NS/c1-3-12-20-19(18-11-10-15(4-2)21-18)17-13-16(17)14-8-6-5-7-9-14/h5-11,16-17,19-20H,3-4,12-13H2,1-2H3. The number of thiophene rings is 1. The molecule has 21 heavy (non-hydrogen) atoms. The topological polar surface area (TPSA) is 12.0 Å². The SMILES string of the molecule is CCCNC(c1ccc(CC)s1)C1CC1c1ccccc1. The fourth-order valence-corrected chi connectivity index (χ4v) is 4.29. The molecule has 1 saturated carbocycles. The summed E-state index contributed by atoms with van der Waals surface area (Å²) < 4.78 is 0. The molecule has 2 heteroatoms. The van der Waals surface area contributed by atoms with Crippen LogP contribution in [-0.4, -0.2) is 6.54 Å². The van der Waals surface area contributed by atoms with Gasteiger partial charge in [0.15, 0.2) is 0 Å². The monoisotopic (exact) mass is 299 g/mol. The summed E-state index contributed by atoms with van der Waals surface area (Å²) in [7, 11) is 0. The van der Waals surface area contributed by atoms with Gasteiger partial charge in [0, 0.05) is 15.8 Å². The third-order valence-electron chi connectivity index (χ3n) is 4.45. The number of aryl methyl sites for hydroxylation is 1. The van der Waals surface area contributed by atoms with Gasteiger partial charge in [-0.1, -0.05) is 44.2 Å². The first-order chi connectivity index (χ1) is 10.3. The second-order valence-corrected chi connectivity index (χ2v) is 7.21. The minimum absolute atomic E-state index is 0.542. The van der Waals surface area contributed by atoms with E-state index < -0.39 is 0 Å². The lowest BCUT2D eigenvalue weighted by Gasteiger charge is -2.17. The fraction of sp³-hybridized carbons (Fsp3) is 0.474. The molecule has 3 unspecified atom stereocenters. The van der Waals surface area contributed by atoms with Gasteiger partial charge in [0.05, 0.1) is 0 Å². The van der Waals surface area contributed by atoms with Gasteiger partial charge in [-0.05, 0) is 55.3 Å². The van der Waals surface area contributed by atoms with Crippen molar-refractivity contribution in [2.75, 3.05) is 6.54 Å². The Morgan fingerprint density at radius 1 is 1.14 bits per heavy atom. The van der Waals surface area contributed by atoms with Crippen molar-refractivity contribution in [1.82, 2.24) is 5.32 Å². The second-order valence-electron chi connectivity index (χ2n) is 6.01. The first kappa shape index (κ1) is 14.8. The van der Waals surface area contributed by atoms with Crippen molar-refractivity contribution in [2.45, 2.75) is 45.1 Å². The Bertz CT molecular complexity index is 560. The van der Waals surface area contributed by atoms with Crippen LogP contribution in [0.15, 0.2) is 42.5 Å². The second kappa shape index (κ2) is 6.76. The largest absolute Gasteiger partial charge is 0.309 e. The summed E-state index contributed by atoms with van der Waals surface area (Å²) in [5.41, 5.74) is 1.51. The Labute approximate surface area is 132 Å². The van der Waals surface area contributed by atoms with Crippen LogP contribution in [-0.2, 0) is 6.42 Å². The van der Waals surface area contributed by atoms with Crippen molar-refractivity contribution in [2.24, 2.45) is 5.92 Å². The van der Waals surface area contributed by atoms with Crippen LogP contribution in [0.3, 0.4) is 0 Å². The van der Waals surface area contributed by atoms with Crippen molar-refractivity contribution in [3.8, 4) is 0 Å². The molecule has 1 fully saturated rings. The minimum Gasteiger partial charge on any atom is -0.309 e. The van der Waals surface area contributed by atoms with Crippen LogP contribution in [0.4, 0.5) is 0 Å². The molecule has 0 spiro atoms. The maximum Gasteiger partial charge on any atom is 0.0449 e. The summed E-state index contributed by atoms with van der Waals surface area (Å²) in [6.45, 7) is 5.60. The van der Waals surface area contributed by atoms with E-state index in [1.54, 1.807) is 0 Å². The van der Waals surface area contributed by atoms with Crippen LogP contribution in [0.2, 0.25) is 0 Å². The summed E-state index contributed by atoms with van der Waals surface area (Å²) in [5.74, 6) is 1.51. The van der Waals surface area contributed by atoms with Crippen LogP contribution in [0.5, 0.6) is 0 Å². The molecule has 0 radical (unpaired) electrons. The lowest BCUT2D eigenvalue weighted by Crippen LogP contribution is -2.23. The lowest BCUT2D eigenvalue weighted by atomic mass is 10.0. The van der Waals surface area contributed by atoms with Gasteiger partial charge in [0.25, 0.3) is 0 Å². The normalized spacial score (nSPS) is 22.2. The molecule has 1 N–H and O–H groups in total. The van der Waals surface area contributed by atoms with Crippen LogP contribution >= 0.6 is 11.3 Å². The third kappa shape index (κ3) is 3.38. The molecular weight excluding hydrogens is 274 g/mol. The van der Waals surface area contributed by atoms with Gasteiger partial charge in [-0.2, -0.15) is 0 Å². The molecule has 1 aliphatic rings. The number of benzene rings is 1. The molecule has 0 amide bonds. The Kier molecular flexibility index (Phi) is 4.77. The van der Waals surface area contributed by atoms with E-state index in [1.165, 1.54) is 28.2 Å². The molecule has 112 valence electrons. The van der Waals surface area contributed by atoms with E-state index >= 15 is 0 Å². The number of rotatable bonds is 7. The Morgan fingerprint density at radius 3 is 2.62 bits per heavy atom. The minimum atomic E-state index is 0.542. The zero-order valence-corrected chi connectivity index (χ0v) is 13.8. The molecule has 1 aromatic heterocycles. The third-order valence-corrected chi connectivity index (χ3v) is 5.76. The summed E-state index contributed by atoms with van der Waals surface area (Å²) in [6, 6.07) is 16.2. The molecule has 1 aromatic carbocycles. The van der Waals surface area contributed by atoms with E-state index in [0.29, 0.717) is 6.04 Å². The Morgan fingerprint density at radius 2 is 1.95 bits per heavy atom.